The van der Waals surface area contributed by atoms with Crippen LogP contribution in [0.1, 0.15) is 11.3 Å². The molecule has 29 heavy (non-hydrogen) atoms. The van der Waals surface area contributed by atoms with E-state index in [0.717, 1.165) is 11.3 Å². The Labute approximate surface area is 166 Å². The van der Waals surface area contributed by atoms with Crippen molar-refractivity contribution in [1.29, 1.82) is 5.26 Å². The van der Waals surface area contributed by atoms with Gasteiger partial charge in [0.15, 0.2) is 5.52 Å². The summed E-state index contributed by atoms with van der Waals surface area (Å²) in [5.41, 5.74) is 3.54. The molecule has 2 aromatic heterocycles. The van der Waals surface area contributed by atoms with Crippen molar-refractivity contribution in [3.63, 3.8) is 0 Å². The molecular weight excluding hydrogens is 366 g/mol. The Kier molecular flexibility index (Phi) is 4.67. The Bertz CT molecular complexity index is 1330. The molecule has 2 aromatic carbocycles. The molecule has 0 aliphatic heterocycles. The lowest BCUT2D eigenvalue weighted by Gasteiger charge is -2.09. The van der Waals surface area contributed by atoms with Crippen LogP contribution < -0.4 is 10.3 Å². The van der Waals surface area contributed by atoms with Crippen molar-refractivity contribution < 1.29 is 4.74 Å². The van der Waals surface area contributed by atoms with Crippen molar-refractivity contribution in [2.45, 2.75) is 6.92 Å². The Morgan fingerprint density at radius 2 is 2.00 bits per heavy atom. The molecular formula is C22H17N5O2. The molecule has 0 aliphatic rings. The number of rotatable bonds is 4. The van der Waals surface area contributed by atoms with E-state index in [4.69, 9.17) is 10.00 Å². The van der Waals surface area contributed by atoms with Gasteiger partial charge in [0.2, 0.25) is 0 Å². The van der Waals surface area contributed by atoms with Gasteiger partial charge in [0.1, 0.15) is 17.1 Å². The van der Waals surface area contributed by atoms with Gasteiger partial charge < -0.3 is 9.72 Å². The molecule has 2 heterocycles. The normalized spacial score (nSPS) is 11.1. The van der Waals surface area contributed by atoms with Gasteiger partial charge in [0, 0.05) is 6.08 Å². The number of methoxy groups -OCH3 is 1. The third kappa shape index (κ3) is 3.28. The zero-order valence-electron chi connectivity index (χ0n) is 15.9. The second-order valence-corrected chi connectivity index (χ2v) is 6.37. The second-order valence-electron chi connectivity index (χ2n) is 6.37. The molecule has 0 amide bonds. The van der Waals surface area contributed by atoms with Gasteiger partial charge in [0.05, 0.1) is 30.1 Å². The first-order valence-electron chi connectivity index (χ1n) is 8.92. The van der Waals surface area contributed by atoms with E-state index in [1.807, 2.05) is 49.4 Å². The van der Waals surface area contributed by atoms with Gasteiger partial charge in [0.25, 0.3) is 5.56 Å². The van der Waals surface area contributed by atoms with Gasteiger partial charge in [-0.25, -0.2) is 9.67 Å². The van der Waals surface area contributed by atoms with Gasteiger partial charge in [-0.05, 0) is 42.8 Å². The number of ether oxygens (including phenoxy) is 1. The molecule has 0 fully saturated rings. The van der Waals surface area contributed by atoms with Crippen LogP contribution in [-0.4, -0.2) is 26.9 Å². The number of allylic oxidation sites excluding steroid dienone is 1. The van der Waals surface area contributed by atoms with E-state index in [9.17, 15) is 4.79 Å². The summed E-state index contributed by atoms with van der Waals surface area (Å²) in [6.45, 7) is 1.82. The lowest BCUT2D eigenvalue weighted by atomic mass is 10.1. The highest BCUT2D eigenvalue weighted by molar-refractivity contribution is 5.81. The maximum absolute atomic E-state index is 12.9. The molecule has 0 atom stereocenters. The molecule has 0 spiro atoms. The van der Waals surface area contributed by atoms with Gasteiger partial charge in [-0.1, -0.05) is 24.3 Å². The van der Waals surface area contributed by atoms with Crippen molar-refractivity contribution in [3.8, 4) is 28.9 Å². The number of nitrogens with one attached hydrogen (secondary N) is 1. The van der Waals surface area contributed by atoms with Crippen LogP contribution in [0.4, 0.5) is 0 Å². The highest BCUT2D eigenvalue weighted by atomic mass is 16.5. The average molecular weight is 383 g/mol. The fraction of sp³-hybridized carbons (Fsp3) is 0.0909. The lowest BCUT2D eigenvalue weighted by molar-refractivity contribution is 0.416. The second kappa shape index (κ2) is 7.44. The molecule has 0 saturated heterocycles. The fourth-order valence-corrected chi connectivity index (χ4v) is 3.19. The van der Waals surface area contributed by atoms with Gasteiger partial charge in [-0.2, -0.15) is 10.4 Å². The van der Waals surface area contributed by atoms with Crippen molar-refractivity contribution in [1.82, 2.24) is 19.7 Å². The fourth-order valence-electron chi connectivity index (χ4n) is 3.19. The topological polar surface area (TPSA) is 96.6 Å². The van der Waals surface area contributed by atoms with Gasteiger partial charge in [-0.3, -0.25) is 4.79 Å². The number of fused-ring (bicyclic) bond motifs is 1. The third-order valence-corrected chi connectivity index (χ3v) is 4.53. The third-order valence-electron chi connectivity index (χ3n) is 4.53. The van der Waals surface area contributed by atoms with E-state index >= 15 is 0 Å². The number of hydrogen-bond donors (Lipinski definition) is 1. The summed E-state index contributed by atoms with van der Waals surface area (Å²) in [7, 11) is 1.55. The number of hydrogen-bond acceptors (Lipinski definition) is 5. The summed E-state index contributed by atoms with van der Waals surface area (Å²) in [4.78, 5) is 20.5. The maximum atomic E-state index is 12.9. The maximum Gasteiger partial charge on any atom is 0.277 e. The molecule has 0 aliphatic carbocycles. The minimum atomic E-state index is -0.287. The number of nitrogens with zero attached hydrogens (tertiary/aromatic N) is 4. The van der Waals surface area contributed by atoms with Crippen LogP contribution in [0, 0.1) is 18.3 Å². The van der Waals surface area contributed by atoms with Crippen LogP contribution in [0.3, 0.4) is 0 Å². The quantitative estimate of drug-likeness (QED) is 0.543. The molecule has 0 radical (unpaired) electrons. The number of H-pyrrole nitrogens is 1. The predicted octanol–water partition coefficient (Wildman–Crippen LogP) is 3.63. The standard InChI is InChI=1S/C22H17N5O2/c1-14-19-20(27(26-14)16-8-4-3-5-9-16)22(28)25-21(24-19)17-11-10-15(7-6-12-23)13-18(17)29-2/h3-11,13H,1-2H3,(H,24,25,28)/b7-6+. The number of benzene rings is 2. The number of aromatic nitrogens is 4. The Morgan fingerprint density at radius 1 is 1.21 bits per heavy atom. The molecule has 7 nitrogen and oxygen atoms in total. The van der Waals surface area contributed by atoms with E-state index < -0.39 is 0 Å². The predicted molar refractivity (Wildman–Crippen MR) is 111 cm³/mol. The SMILES string of the molecule is COc1cc(/C=C/C#N)ccc1-c1nc2c(C)nn(-c3ccccc3)c2c(=O)[nH]1. The van der Waals surface area contributed by atoms with E-state index in [2.05, 4.69) is 15.1 Å². The number of para-hydroxylation sites is 1. The van der Waals surface area contributed by atoms with Crippen molar-refractivity contribution in [2.75, 3.05) is 7.11 Å². The summed E-state index contributed by atoms with van der Waals surface area (Å²) in [6, 6.07) is 16.8. The first-order valence-corrected chi connectivity index (χ1v) is 8.92. The first kappa shape index (κ1) is 18.2. The summed E-state index contributed by atoms with van der Waals surface area (Å²) in [5, 5.41) is 13.2. The highest BCUT2D eigenvalue weighted by Crippen LogP contribution is 2.30. The summed E-state index contributed by atoms with van der Waals surface area (Å²) < 4.78 is 7.08. The largest absolute Gasteiger partial charge is 0.496 e. The minimum Gasteiger partial charge on any atom is -0.496 e. The molecule has 4 rings (SSSR count). The van der Waals surface area contributed by atoms with E-state index in [-0.39, 0.29) is 5.56 Å². The minimum absolute atomic E-state index is 0.287. The van der Waals surface area contributed by atoms with Crippen LogP contribution in [0.25, 0.3) is 34.2 Å². The molecule has 1 N–H and O–H groups in total. The van der Waals surface area contributed by atoms with E-state index in [1.54, 1.807) is 30.0 Å². The number of aromatic amines is 1. The molecule has 142 valence electrons. The Balaban J connectivity index is 1.89. The highest BCUT2D eigenvalue weighted by Gasteiger charge is 2.17. The molecule has 0 unspecified atom stereocenters. The van der Waals surface area contributed by atoms with Crippen LogP contribution in [-0.2, 0) is 0 Å². The molecule has 7 heteroatoms. The lowest BCUT2D eigenvalue weighted by Crippen LogP contribution is -2.13. The smallest absolute Gasteiger partial charge is 0.277 e. The van der Waals surface area contributed by atoms with E-state index in [1.165, 1.54) is 6.08 Å². The first-order chi connectivity index (χ1) is 14.1. The average Bonchev–Trinajstić information content (AvgIpc) is 3.09. The van der Waals surface area contributed by atoms with E-state index in [0.29, 0.717) is 33.9 Å². The van der Waals surface area contributed by atoms with Crippen LogP contribution in [0.5, 0.6) is 5.75 Å². The summed E-state index contributed by atoms with van der Waals surface area (Å²) in [5.74, 6) is 0.937. The van der Waals surface area contributed by atoms with Gasteiger partial charge in [-0.15, -0.1) is 0 Å². The van der Waals surface area contributed by atoms with Crippen molar-refractivity contribution in [2.24, 2.45) is 0 Å². The monoisotopic (exact) mass is 383 g/mol. The Morgan fingerprint density at radius 3 is 2.72 bits per heavy atom. The number of nitriles is 1. The molecule has 4 aromatic rings. The molecule has 0 bridgehead atoms. The van der Waals surface area contributed by atoms with Crippen molar-refractivity contribution >= 4 is 17.1 Å². The summed E-state index contributed by atoms with van der Waals surface area (Å²) >= 11 is 0. The van der Waals surface area contributed by atoms with Crippen LogP contribution in [0.15, 0.2) is 59.4 Å². The van der Waals surface area contributed by atoms with Crippen LogP contribution >= 0.6 is 0 Å². The Hall–Kier alpha value is -4.18. The number of aryl methyl sites for hydroxylation is 1. The zero-order chi connectivity index (χ0) is 20.4. The van der Waals surface area contributed by atoms with Crippen molar-refractivity contribution in [3.05, 3.63) is 76.2 Å². The summed E-state index contributed by atoms with van der Waals surface area (Å²) in [6.07, 6.45) is 3.07. The molecule has 0 saturated carbocycles. The zero-order valence-corrected chi connectivity index (χ0v) is 15.9. The van der Waals surface area contributed by atoms with Gasteiger partial charge >= 0.3 is 0 Å². The van der Waals surface area contributed by atoms with Crippen LogP contribution in [0.2, 0.25) is 0 Å².